The summed E-state index contributed by atoms with van der Waals surface area (Å²) >= 11 is 0. The second-order valence-electron chi connectivity index (χ2n) is 5.70. The van der Waals surface area contributed by atoms with Gasteiger partial charge in [0.1, 0.15) is 5.82 Å². The molecular formula is C16H21N5O. The van der Waals surface area contributed by atoms with Crippen molar-refractivity contribution in [3.63, 3.8) is 0 Å². The number of ether oxygens (including phenoxy) is 1. The number of aromatic nitrogens is 2. The number of hydrogen-bond acceptors (Lipinski definition) is 6. The molecule has 0 atom stereocenters. The first-order chi connectivity index (χ1) is 10.9. The predicted molar refractivity (Wildman–Crippen MR) is 87.7 cm³/mol. The molecule has 2 saturated heterocycles. The summed E-state index contributed by atoms with van der Waals surface area (Å²) in [7, 11) is 0. The zero-order valence-electron chi connectivity index (χ0n) is 12.7. The summed E-state index contributed by atoms with van der Waals surface area (Å²) < 4.78 is 5.48. The van der Waals surface area contributed by atoms with Crippen LogP contribution in [0.3, 0.4) is 0 Å². The quantitative estimate of drug-likeness (QED) is 0.888. The lowest BCUT2D eigenvalue weighted by molar-refractivity contribution is 0.122. The van der Waals surface area contributed by atoms with Gasteiger partial charge in [-0.05, 0) is 12.1 Å². The van der Waals surface area contributed by atoms with Gasteiger partial charge in [0, 0.05) is 44.7 Å². The topological polar surface area (TPSA) is 53.5 Å². The Morgan fingerprint density at radius 3 is 2.50 bits per heavy atom. The summed E-state index contributed by atoms with van der Waals surface area (Å²) in [5.41, 5.74) is 1.02. The van der Waals surface area contributed by atoms with Crippen molar-refractivity contribution in [1.82, 2.24) is 15.3 Å². The molecule has 0 spiro atoms. The van der Waals surface area contributed by atoms with Crippen LogP contribution >= 0.6 is 0 Å². The van der Waals surface area contributed by atoms with Gasteiger partial charge in [-0.3, -0.25) is 0 Å². The minimum absolute atomic E-state index is 0.765. The maximum absolute atomic E-state index is 5.48. The third-order valence-corrected chi connectivity index (χ3v) is 4.28. The highest BCUT2D eigenvalue weighted by Gasteiger charge is 2.20. The molecule has 2 fully saturated rings. The van der Waals surface area contributed by atoms with E-state index in [-0.39, 0.29) is 0 Å². The predicted octanol–water partition coefficient (Wildman–Crippen LogP) is 0.876. The van der Waals surface area contributed by atoms with Crippen LogP contribution in [0, 0.1) is 0 Å². The molecule has 22 heavy (non-hydrogen) atoms. The number of hydrogen-bond donors (Lipinski definition) is 1. The molecule has 0 bridgehead atoms. The Balaban J connectivity index is 1.78. The Morgan fingerprint density at radius 1 is 0.909 bits per heavy atom. The molecule has 1 aromatic carbocycles. The molecule has 2 aliphatic rings. The van der Waals surface area contributed by atoms with Crippen LogP contribution in [0.15, 0.2) is 24.3 Å². The summed E-state index contributed by atoms with van der Waals surface area (Å²) in [6.45, 7) is 7.21. The van der Waals surface area contributed by atoms with Crippen LogP contribution < -0.4 is 15.1 Å². The van der Waals surface area contributed by atoms with Crippen molar-refractivity contribution in [2.24, 2.45) is 0 Å². The number of piperazine rings is 1. The van der Waals surface area contributed by atoms with Gasteiger partial charge in [0.2, 0.25) is 5.95 Å². The van der Waals surface area contributed by atoms with Gasteiger partial charge in [-0.25, -0.2) is 4.98 Å². The van der Waals surface area contributed by atoms with Gasteiger partial charge < -0.3 is 19.9 Å². The minimum Gasteiger partial charge on any atom is -0.378 e. The molecule has 0 radical (unpaired) electrons. The Bertz CT molecular complexity index is 650. The van der Waals surface area contributed by atoms with Gasteiger partial charge in [0.25, 0.3) is 0 Å². The second kappa shape index (κ2) is 6.06. The normalized spacial score (nSPS) is 19.6. The number of rotatable bonds is 2. The number of benzene rings is 1. The Kier molecular flexibility index (Phi) is 3.78. The first-order valence-corrected chi connectivity index (χ1v) is 7.97. The van der Waals surface area contributed by atoms with Crippen molar-refractivity contribution >= 4 is 22.7 Å². The van der Waals surface area contributed by atoms with E-state index in [1.165, 1.54) is 0 Å². The van der Waals surface area contributed by atoms with E-state index in [9.17, 15) is 0 Å². The van der Waals surface area contributed by atoms with Crippen LogP contribution in [0.1, 0.15) is 0 Å². The van der Waals surface area contributed by atoms with Gasteiger partial charge >= 0.3 is 0 Å². The third kappa shape index (κ3) is 2.60. The molecule has 0 aliphatic carbocycles. The van der Waals surface area contributed by atoms with E-state index in [4.69, 9.17) is 14.7 Å². The summed E-state index contributed by atoms with van der Waals surface area (Å²) in [4.78, 5) is 14.3. The molecule has 2 aliphatic heterocycles. The summed E-state index contributed by atoms with van der Waals surface area (Å²) in [5.74, 6) is 1.89. The van der Waals surface area contributed by atoms with Crippen molar-refractivity contribution < 1.29 is 4.74 Å². The number of anilines is 2. The van der Waals surface area contributed by atoms with Crippen molar-refractivity contribution in [3.05, 3.63) is 24.3 Å². The lowest BCUT2D eigenvalue weighted by Crippen LogP contribution is -2.44. The molecule has 4 rings (SSSR count). The van der Waals surface area contributed by atoms with E-state index in [1.807, 2.05) is 6.07 Å². The second-order valence-corrected chi connectivity index (χ2v) is 5.70. The van der Waals surface area contributed by atoms with E-state index in [1.54, 1.807) is 0 Å². The van der Waals surface area contributed by atoms with Crippen molar-refractivity contribution in [1.29, 1.82) is 0 Å². The lowest BCUT2D eigenvalue weighted by atomic mass is 10.2. The molecule has 3 heterocycles. The van der Waals surface area contributed by atoms with Crippen LogP contribution in [0.25, 0.3) is 10.9 Å². The van der Waals surface area contributed by atoms with Crippen LogP contribution in [0.5, 0.6) is 0 Å². The summed E-state index contributed by atoms with van der Waals surface area (Å²) in [5, 5.41) is 4.50. The van der Waals surface area contributed by atoms with Crippen molar-refractivity contribution in [2.45, 2.75) is 0 Å². The van der Waals surface area contributed by atoms with E-state index in [0.717, 1.165) is 75.2 Å². The number of nitrogens with zero attached hydrogens (tertiary/aromatic N) is 4. The van der Waals surface area contributed by atoms with Crippen LogP contribution in [0.2, 0.25) is 0 Å². The highest BCUT2D eigenvalue weighted by molar-refractivity contribution is 5.90. The highest BCUT2D eigenvalue weighted by atomic mass is 16.5. The Morgan fingerprint density at radius 2 is 1.68 bits per heavy atom. The zero-order chi connectivity index (χ0) is 14.8. The van der Waals surface area contributed by atoms with E-state index in [2.05, 4.69) is 33.3 Å². The lowest BCUT2D eigenvalue weighted by Gasteiger charge is -2.31. The average molecular weight is 299 g/mol. The fourth-order valence-corrected chi connectivity index (χ4v) is 3.07. The molecule has 1 N–H and O–H groups in total. The summed E-state index contributed by atoms with van der Waals surface area (Å²) in [6, 6.07) is 8.29. The van der Waals surface area contributed by atoms with Crippen LogP contribution in [-0.4, -0.2) is 62.5 Å². The van der Waals surface area contributed by atoms with E-state index in [0.29, 0.717) is 0 Å². The standard InChI is InChI=1S/C16H21N5O/c1-2-4-14-13(3-1)15(20-9-11-22-12-10-20)19-16(18-14)21-7-5-17-6-8-21/h1-4,17H,5-12H2. The molecule has 6 nitrogen and oxygen atoms in total. The Labute approximate surface area is 130 Å². The largest absolute Gasteiger partial charge is 0.378 e. The van der Waals surface area contributed by atoms with Crippen LogP contribution in [0.4, 0.5) is 11.8 Å². The molecule has 116 valence electrons. The number of morpholine rings is 1. The molecule has 0 unspecified atom stereocenters. The average Bonchev–Trinajstić information content (AvgIpc) is 2.62. The van der Waals surface area contributed by atoms with Crippen molar-refractivity contribution in [2.75, 3.05) is 62.3 Å². The van der Waals surface area contributed by atoms with Crippen molar-refractivity contribution in [3.8, 4) is 0 Å². The molecule has 0 amide bonds. The fraction of sp³-hybridized carbons (Fsp3) is 0.500. The molecule has 6 heteroatoms. The van der Waals surface area contributed by atoms with Gasteiger partial charge in [0.15, 0.2) is 0 Å². The fourth-order valence-electron chi connectivity index (χ4n) is 3.07. The van der Waals surface area contributed by atoms with Gasteiger partial charge in [0.05, 0.1) is 18.7 Å². The highest BCUT2D eigenvalue weighted by Crippen LogP contribution is 2.27. The SMILES string of the molecule is c1ccc2c(N3CCOCC3)nc(N3CCNCC3)nc2c1. The first-order valence-electron chi connectivity index (χ1n) is 7.97. The number of nitrogens with one attached hydrogen (secondary N) is 1. The first kappa shape index (κ1) is 13.7. The number of para-hydroxylation sites is 1. The smallest absolute Gasteiger partial charge is 0.227 e. The molecule has 1 aromatic heterocycles. The zero-order valence-corrected chi connectivity index (χ0v) is 12.7. The molecule has 2 aromatic rings. The minimum atomic E-state index is 0.765. The third-order valence-electron chi connectivity index (χ3n) is 4.28. The molecular weight excluding hydrogens is 278 g/mol. The summed E-state index contributed by atoms with van der Waals surface area (Å²) in [6.07, 6.45) is 0. The van der Waals surface area contributed by atoms with Gasteiger partial charge in [-0.1, -0.05) is 12.1 Å². The number of fused-ring (bicyclic) bond motifs is 1. The van der Waals surface area contributed by atoms with E-state index >= 15 is 0 Å². The van der Waals surface area contributed by atoms with Crippen LogP contribution in [-0.2, 0) is 4.74 Å². The maximum atomic E-state index is 5.48. The van der Waals surface area contributed by atoms with Gasteiger partial charge in [-0.15, -0.1) is 0 Å². The Hall–Kier alpha value is -1.92. The van der Waals surface area contributed by atoms with E-state index < -0.39 is 0 Å². The molecule has 0 saturated carbocycles. The van der Waals surface area contributed by atoms with Gasteiger partial charge in [-0.2, -0.15) is 4.98 Å². The maximum Gasteiger partial charge on any atom is 0.227 e. The monoisotopic (exact) mass is 299 g/mol.